The summed E-state index contributed by atoms with van der Waals surface area (Å²) in [6.07, 6.45) is 2.74. The highest BCUT2D eigenvalue weighted by Crippen LogP contribution is 2.19. The van der Waals surface area contributed by atoms with E-state index in [0.717, 1.165) is 19.3 Å². The molecule has 1 heterocycles. The van der Waals surface area contributed by atoms with Crippen molar-refractivity contribution in [2.45, 2.75) is 82.7 Å². The molecule has 0 bridgehead atoms. The van der Waals surface area contributed by atoms with Crippen LogP contribution in [-0.2, 0) is 14.3 Å². The van der Waals surface area contributed by atoms with Gasteiger partial charge in [-0.3, -0.25) is 4.79 Å². The largest absolute Gasteiger partial charge is 0.454 e. The van der Waals surface area contributed by atoms with Gasteiger partial charge in [-0.25, -0.2) is 4.79 Å². The Hall–Kier alpha value is -1.18. The second-order valence-corrected chi connectivity index (χ2v) is 6.05. The summed E-state index contributed by atoms with van der Waals surface area (Å²) in [5, 5.41) is 31.1. The van der Waals surface area contributed by atoms with Crippen LogP contribution in [-0.4, -0.2) is 58.2 Å². The molecule has 4 N–H and O–H groups in total. The Bertz CT molecular complexity index is 376. The predicted molar refractivity (Wildman–Crippen MR) is 83.5 cm³/mol. The van der Waals surface area contributed by atoms with E-state index < -0.39 is 36.3 Å². The molecule has 7 nitrogen and oxygen atoms in total. The van der Waals surface area contributed by atoms with Crippen LogP contribution in [0.4, 0.5) is 0 Å². The van der Waals surface area contributed by atoms with Gasteiger partial charge in [0.25, 0.3) is 5.91 Å². The molecule has 0 unspecified atom stereocenters. The molecule has 1 aliphatic heterocycles. The van der Waals surface area contributed by atoms with Gasteiger partial charge in [-0.1, -0.05) is 51.9 Å². The fourth-order valence-electron chi connectivity index (χ4n) is 2.57. The summed E-state index contributed by atoms with van der Waals surface area (Å²) in [7, 11) is 0. The van der Waals surface area contributed by atoms with E-state index in [1.807, 2.05) is 0 Å². The van der Waals surface area contributed by atoms with E-state index in [1.54, 1.807) is 0 Å². The first kappa shape index (κ1) is 19.9. The predicted octanol–water partition coefficient (Wildman–Crippen LogP) is 0.251. The minimum Gasteiger partial charge on any atom is -0.454 e. The average molecular weight is 331 g/mol. The summed E-state index contributed by atoms with van der Waals surface area (Å²) in [4.78, 5) is 22.8. The Kier molecular flexibility index (Phi) is 9.13. The Balaban J connectivity index is 2.11. The number of esters is 1. The number of aliphatic hydroxyl groups is 3. The van der Waals surface area contributed by atoms with Crippen LogP contribution in [0.5, 0.6) is 0 Å². The summed E-state index contributed by atoms with van der Waals surface area (Å²) in [5.41, 5.74) is 0. The first-order valence-electron chi connectivity index (χ1n) is 8.51. The summed E-state index contributed by atoms with van der Waals surface area (Å²) in [6, 6.07) is 0. The first-order valence-corrected chi connectivity index (χ1v) is 8.51. The lowest BCUT2D eigenvalue weighted by Gasteiger charge is -2.19. The molecule has 23 heavy (non-hydrogen) atoms. The fourth-order valence-corrected chi connectivity index (χ4v) is 2.57. The molecule has 0 aromatic carbocycles. The van der Waals surface area contributed by atoms with Crippen molar-refractivity contribution in [2.75, 3.05) is 6.54 Å². The molecule has 0 aromatic heterocycles. The Morgan fingerprint density at radius 3 is 2.22 bits per heavy atom. The van der Waals surface area contributed by atoms with Gasteiger partial charge in [-0.15, -0.1) is 0 Å². The minimum absolute atomic E-state index is 0.421. The van der Waals surface area contributed by atoms with E-state index in [4.69, 9.17) is 0 Å². The van der Waals surface area contributed by atoms with Crippen LogP contribution in [0.3, 0.4) is 0 Å². The van der Waals surface area contributed by atoms with Gasteiger partial charge in [0.05, 0.1) is 0 Å². The zero-order valence-electron chi connectivity index (χ0n) is 13.7. The van der Waals surface area contributed by atoms with Crippen LogP contribution in [0.15, 0.2) is 0 Å². The normalized spacial score (nSPS) is 25.2. The van der Waals surface area contributed by atoms with Crippen molar-refractivity contribution in [3.63, 3.8) is 0 Å². The van der Waals surface area contributed by atoms with Crippen molar-refractivity contribution >= 4 is 11.9 Å². The number of unbranched alkanes of at least 4 members (excludes halogenated alkanes) is 7. The Morgan fingerprint density at radius 1 is 1.13 bits per heavy atom. The van der Waals surface area contributed by atoms with E-state index in [-0.39, 0.29) is 0 Å². The Labute approximate surface area is 137 Å². The SMILES string of the molecule is CCCCCCCCCCNC(=O)[C@H](O)[C@H]1OC(=O)[C@@H](O)[C@H]1O. The zero-order chi connectivity index (χ0) is 17.2. The molecule has 0 aromatic rings. The number of hydrogen-bond acceptors (Lipinski definition) is 6. The maximum absolute atomic E-state index is 11.8. The van der Waals surface area contributed by atoms with Crippen molar-refractivity contribution in [3.8, 4) is 0 Å². The smallest absolute Gasteiger partial charge is 0.338 e. The topological polar surface area (TPSA) is 116 Å². The van der Waals surface area contributed by atoms with Crippen molar-refractivity contribution in [1.29, 1.82) is 0 Å². The zero-order valence-corrected chi connectivity index (χ0v) is 13.7. The van der Waals surface area contributed by atoms with E-state index in [9.17, 15) is 24.9 Å². The van der Waals surface area contributed by atoms with Crippen molar-refractivity contribution in [2.24, 2.45) is 0 Å². The summed E-state index contributed by atoms with van der Waals surface area (Å²) in [6.45, 7) is 2.60. The number of aliphatic hydroxyl groups excluding tert-OH is 3. The number of amides is 1. The third-order valence-corrected chi connectivity index (χ3v) is 4.06. The van der Waals surface area contributed by atoms with E-state index in [2.05, 4.69) is 17.0 Å². The number of nitrogens with one attached hydrogen (secondary N) is 1. The lowest BCUT2D eigenvalue weighted by molar-refractivity contribution is -0.153. The molecule has 4 atom stereocenters. The molecule has 1 amide bonds. The van der Waals surface area contributed by atoms with Gasteiger partial charge in [0.2, 0.25) is 0 Å². The van der Waals surface area contributed by atoms with Crippen LogP contribution in [0.25, 0.3) is 0 Å². The lowest BCUT2D eigenvalue weighted by Crippen LogP contribution is -2.47. The lowest BCUT2D eigenvalue weighted by atomic mass is 10.1. The molecule has 1 saturated heterocycles. The summed E-state index contributed by atoms with van der Waals surface area (Å²) in [5.74, 6) is -1.74. The van der Waals surface area contributed by atoms with Gasteiger partial charge in [0, 0.05) is 6.54 Å². The molecule has 7 heteroatoms. The van der Waals surface area contributed by atoms with Gasteiger partial charge in [0.1, 0.15) is 6.10 Å². The number of cyclic esters (lactones) is 1. The monoisotopic (exact) mass is 331 g/mol. The molecular formula is C16H29NO6. The molecule has 0 aliphatic carbocycles. The van der Waals surface area contributed by atoms with E-state index in [1.165, 1.54) is 32.1 Å². The highest BCUT2D eigenvalue weighted by molar-refractivity contribution is 5.84. The Morgan fingerprint density at radius 2 is 1.70 bits per heavy atom. The van der Waals surface area contributed by atoms with E-state index in [0.29, 0.717) is 6.54 Å². The minimum atomic E-state index is -1.71. The number of ether oxygens (including phenoxy) is 1. The second kappa shape index (κ2) is 10.6. The third kappa shape index (κ3) is 6.45. The number of rotatable bonds is 11. The van der Waals surface area contributed by atoms with Crippen LogP contribution < -0.4 is 5.32 Å². The quantitative estimate of drug-likeness (QED) is 0.319. The molecule has 1 aliphatic rings. The van der Waals surface area contributed by atoms with Gasteiger partial charge in [-0.2, -0.15) is 0 Å². The van der Waals surface area contributed by atoms with Crippen LogP contribution in [0.1, 0.15) is 58.3 Å². The highest BCUT2D eigenvalue weighted by atomic mass is 16.6. The van der Waals surface area contributed by atoms with Crippen molar-refractivity contribution in [3.05, 3.63) is 0 Å². The van der Waals surface area contributed by atoms with Crippen molar-refractivity contribution in [1.82, 2.24) is 5.32 Å². The number of carbonyl (C=O) groups is 2. The molecule has 1 rings (SSSR count). The van der Waals surface area contributed by atoms with Gasteiger partial charge >= 0.3 is 5.97 Å². The highest BCUT2D eigenvalue weighted by Gasteiger charge is 2.48. The van der Waals surface area contributed by atoms with Crippen LogP contribution >= 0.6 is 0 Å². The standard InChI is InChI=1S/C16H29NO6/c1-2-3-4-5-6-7-8-9-10-17-15(21)13(20)14-11(18)12(19)16(22)23-14/h11-14,18-20H,2-10H2,1H3,(H,17,21)/t11-,12+,13-,14+/m1/s1. The first-order chi connectivity index (χ1) is 11.0. The molecule has 1 fully saturated rings. The summed E-state index contributed by atoms with van der Waals surface area (Å²) >= 11 is 0. The van der Waals surface area contributed by atoms with Crippen LogP contribution in [0.2, 0.25) is 0 Å². The van der Waals surface area contributed by atoms with Gasteiger partial charge in [0.15, 0.2) is 18.3 Å². The molecule has 134 valence electrons. The number of carbonyl (C=O) groups excluding carboxylic acids is 2. The molecule has 0 saturated carbocycles. The van der Waals surface area contributed by atoms with Gasteiger partial charge in [-0.05, 0) is 6.42 Å². The molecule has 0 spiro atoms. The fraction of sp³-hybridized carbons (Fsp3) is 0.875. The maximum Gasteiger partial charge on any atom is 0.338 e. The van der Waals surface area contributed by atoms with Crippen LogP contribution in [0, 0.1) is 0 Å². The summed E-state index contributed by atoms with van der Waals surface area (Å²) < 4.78 is 4.61. The number of hydrogen-bond donors (Lipinski definition) is 4. The molecule has 0 radical (unpaired) electrons. The molecular weight excluding hydrogens is 302 g/mol. The third-order valence-electron chi connectivity index (χ3n) is 4.06. The van der Waals surface area contributed by atoms with Gasteiger partial charge < -0.3 is 25.4 Å². The van der Waals surface area contributed by atoms with E-state index >= 15 is 0 Å². The second-order valence-electron chi connectivity index (χ2n) is 6.05. The maximum atomic E-state index is 11.8. The average Bonchev–Trinajstić information content (AvgIpc) is 2.80. The van der Waals surface area contributed by atoms with Crippen molar-refractivity contribution < 1.29 is 29.6 Å².